The smallest absolute Gasteiger partial charge is 0.149 e. The van der Waals surface area contributed by atoms with Crippen LogP contribution >= 0.6 is 57.7 Å². The van der Waals surface area contributed by atoms with Crippen molar-refractivity contribution in [3.63, 3.8) is 0 Å². The van der Waals surface area contributed by atoms with Crippen molar-refractivity contribution in [3.8, 4) is 6.07 Å². The van der Waals surface area contributed by atoms with Crippen LogP contribution in [0.15, 0.2) is 16.8 Å². The van der Waals surface area contributed by atoms with Gasteiger partial charge in [-0.1, -0.05) is 46.4 Å². The molecule has 2 nitrogen and oxygen atoms in total. The highest BCUT2D eigenvalue weighted by atomic mass is 35.5. The Bertz CT molecular complexity index is 593. The lowest BCUT2D eigenvalue weighted by Gasteiger charge is -2.13. The SMILES string of the molecule is N#CC(c1ccsc1)c1c(Cl)c(Cl)nc(Cl)c1Cl. The quantitative estimate of drug-likeness (QED) is 0.687. The zero-order valence-corrected chi connectivity index (χ0v) is 12.5. The van der Waals surface area contributed by atoms with Gasteiger partial charge in [-0.25, -0.2) is 4.98 Å². The third-order valence-corrected chi connectivity index (χ3v) is 4.53. The van der Waals surface area contributed by atoms with Gasteiger partial charge in [-0.15, -0.1) is 0 Å². The highest BCUT2D eigenvalue weighted by molar-refractivity contribution is 7.08. The molecule has 2 rings (SSSR count). The van der Waals surface area contributed by atoms with E-state index in [1.807, 2.05) is 16.8 Å². The van der Waals surface area contributed by atoms with E-state index in [9.17, 15) is 5.26 Å². The lowest BCUT2D eigenvalue weighted by molar-refractivity contribution is 1.04. The maximum Gasteiger partial charge on any atom is 0.149 e. The molecule has 92 valence electrons. The Kier molecular flexibility index (Phi) is 4.37. The van der Waals surface area contributed by atoms with Gasteiger partial charge in [0, 0.05) is 5.56 Å². The van der Waals surface area contributed by atoms with E-state index in [0.29, 0.717) is 5.56 Å². The van der Waals surface area contributed by atoms with Crippen LogP contribution in [-0.2, 0) is 0 Å². The zero-order chi connectivity index (χ0) is 13.3. The van der Waals surface area contributed by atoms with Gasteiger partial charge in [0.25, 0.3) is 0 Å². The number of halogens is 4. The molecule has 2 aromatic rings. The average molecular weight is 338 g/mol. The maximum atomic E-state index is 9.31. The number of rotatable bonds is 2. The van der Waals surface area contributed by atoms with Crippen LogP contribution < -0.4 is 0 Å². The number of pyridine rings is 1. The lowest BCUT2D eigenvalue weighted by atomic mass is 9.95. The van der Waals surface area contributed by atoms with Crippen molar-refractivity contribution in [2.45, 2.75) is 5.92 Å². The molecule has 2 aromatic heterocycles. The predicted octanol–water partition coefficient (Wildman–Crippen LogP) is 5.41. The van der Waals surface area contributed by atoms with Crippen LogP contribution in [0, 0.1) is 11.3 Å². The van der Waals surface area contributed by atoms with E-state index in [-0.39, 0.29) is 20.4 Å². The normalized spacial score (nSPS) is 12.2. The van der Waals surface area contributed by atoms with E-state index in [1.54, 1.807) is 0 Å². The molecule has 0 saturated heterocycles. The van der Waals surface area contributed by atoms with Crippen LogP contribution in [0.4, 0.5) is 0 Å². The summed E-state index contributed by atoms with van der Waals surface area (Å²) < 4.78 is 0. The first kappa shape index (κ1) is 13.9. The summed E-state index contributed by atoms with van der Waals surface area (Å²) in [6, 6.07) is 3.98. The molecule has 0 aliphatic rings. The molecular weight excluding hydrogens is 334 g/mol. The molecule has 0 N–H and O–H groups in total. The van der Waals surface area contributed by atoms with Gasteiger partial charge in [0.15, 0.2) is 0 Å². The summed E-state index contributed by atoms with van der Waals surface area (Å²) in [5.41, 5.74) is 1.19. The monoisotopic (exact) mass is 336 g/mol. The Morgan fingerprint density at radius 1 is 1.17 bits per heavy atom. The van der Waals surface area contributed by atoms with Crippen LogP contribution in [0.1, 0.15) is 17.0 Å². The highest BCUT2D eigenvalue weighted by Crippen LogP contribution is 2.41. The minimum absolute atomic E-state index is 0.0385. The number of thiophene rings is 1. The summed E-state index contributed by atoms with van der Waals surface area (Å²) >= 11 is 25.4. The molecule has 0 amide bonds. The van der Waals surface area contributed by atoms with Crippen molar-refractivity contribution in [1.29, 1.82) is 5.26 Å². The maximum absolute atomic E-state index is 9.31. The standard InChI is InChI=1S/C11H4Cl4N2S/c12-8-7(9(13)11(15)17-10(8)14)6(3-16)5-1-2-18-4-5/h1-2,4,6H. The number of nitrogens with zero attached hydrogens (tertiary/aromatic N) is 2. The summed E-state index contributed by atoms with van der Waals surface area (Å²) in [4.78, 5) is 3.79. The van der Waals surface area contributed by atoms with Gasteiger partial charge < -0.3 is 0 Å². The topological polar surface area (TPSA) is 36.7 Å². The number of hydrogen-bond acceptors (Lipinski definition) is 3. The molecule has 7 heteroatoms. The van der Waals surface area contributed by atoms with Crippen molar-refractivity contribution in [2.75, 3.05) is 0 Å². The molecule has 2 heterocycles. The van der Waals surface area contributed by atoms with Crippen molar-refractivity contribution in [3.05, 3.63) is 48.3 Å². The summed E-state index contributed by atoms with van der Waals surface area (Å²) in [6.07, 6.45) is 0. The molecule has 0 aliphatic carbocycles. The molecule has 0 aliphatic heterocycles. The van der Waals surface area contributed by atoms with Gasteiger partial charge in [0.1, 0.15) is 16.2 Å². The van der Waals surface area contributed by atoms with Crippen molar-refractivity contribution in [2.24, 2.45) is 0 Å². The summed E-state index contributed by atoms with van der Waals surface area (Å²) in [6.45, 7) is 0. The van der Waals surface area contributed by atoms with Crippen molar-refractivity contribution >= 4 is 57.7 Å². The molecule has 1 unspecified atom stereocenters. The number of hydrogen-bond donors (Lipinski definition) is 0. The van der Waals surface area contributed by atoms with Crippen LogP contribution in [0.3, 0.4) is 0 Å². The molecule has 0 aromatic carbocycles. The second kappa shape index (κ2) is 5.64. The molecule has 0 spiro atoms. The predicted molar refractivity (Wildman–Crippen MR) is 76.1 cm³/mol. The first-order valence-corrected chi connectivity index (χ1v) is 7.13. The van der Waals surface area contributed by atoms with Crippen molar-refractivity contribution < 1.29 is 0 Å². The molecule has 1 atom stereocenters. The Balaban J connectivity index is 2.67. The van der Waals surface area contributed by atoms with E-state index < -0.39 is 5.92 Å². The summed E-state index contributed by atoms with van der Waals surface area (Å²) in [5, 5.41) is 13.4. The van der Waals surface area contributed by atoms with Crippen LogP contribution in [0.2, 0.25) is 20.4 Å². The van der Waals surface area contributed by atoms with Gasteiger partial charge in [-0.3, -0.25) is 0 Å². The largest absolute Gasteiger partial charge is 0.221 e. The fourth-order valence-electron chi connectivity index (χ4n) is 1.50. The van der Waals surface area contributed by atoms with E-state index in [4.69, 9.17) is 46.4 Å². The second-order valence-corrected chi connectivity index (χ2v) is 5.61. The van der Waals surface area contributed by atoms with Gasteiger partial charge in [-0.2, -0.15) is 16.6 Å². The fourth-order valence-corrected chi connectivity index (χ4v) is 3.14. The average Bonchev–Trinajstić information content (AvgIpc) is 2.85. The summed E-state index contributed by atoms with van der Waals surface area (Å²) in [7, 11) is 0. The van der Waals surface area contributed by atoms with Gasteiger partial charge in [-0.05, 0) is 22.4 Å². The molecule has 0 fully saturated rings. The van der Waals surface area contributed by atoms with E-state index >= 15 is 0 Å². The van der Waals surface area contributed by atoms with Gasteiger partial charge in [0.2, 0.25) is 0 Å². The minimum Gasteiger partial charge on any atom is -0.221 e. The molecular formula is C11H4Cl4N2S. The van der Waals surface area contributed by atoms with Gasteiger partial charge >= 0.3 is 0 Å². The number of aromatic nitrogens is 1. The first-order valence-electron chi connectivity index (χ1n) is 4.67. The Hall–Kier alpha value is -0.500. The summed E-state index contributed by atoms with van der Waals surface area (Å²) in [5.74, 6) is -0.616. The molecule has 0 bridgehead atoms. The zero-order valence-electron chi connectivity index (χ0n) is 8.62. The van der Waals surface area contributed by atoms with Crippen LogP contribution in [0.25, 0.3) is 0 Å². The first-order chi connectivity index (χ1) is 8.56. The Morgan fingerprint density at radius 2 is 1.78 bits per heavy atom. The highest BCUT2D eigenvalue weighted by Gasteiger charge is 2.24. The van der Waals surface area contributed by atoms with Crippen molar-refractivity contribution in [1.82, 2.24) is 4.98 Å². The number of nitriles is 1. The lowest BCUT2D eigenvalue weighted by Crippen LogP contribution is -2.01. The third-order valence-electron chi connectivity index (χ3n) is 2.33. The van der Waals surface area contributed by atoms with Crippen LogP contribution in [0.5, 0.6) is 0 Å². The molecule has 18 heavy (non-hydrogen) atoms. The van der Waals surface area contributed by atoms with E-state index in [2.05, 4.69) is 11.1 Å². The molecule has 0 saturated carbocycles. The molecule has 0 radical (unpaired) electrons. The minimum atomic E-state index is -0.616. The third kappa shape index (κ3) is 2.45. The fraction of sp³-hybridized carbons (Fsp3) is 0.0909. The van der Waals surface area contributed by atoms with E-state index in [1.165, 1.54) is 11.3 Å². The van der Waals surface area contributed by atoms with Crippen LogP contribution in [-0.4, -0.2) is 4.98 Å². The van der Waals surface area contributed by atoms with E-state index in [0.717, 1.165) is 5.56 Å². The second-order valence-electron chi connectivity index (χ2n) is 3.35. The Labute approximate surface area is 128 Å². The Morgan fingerprint density at radius 3 is 2.22 bits per heavy atom. The van der Waals surface area contributed by atoms with Gasteiger partial charge in [0.05, 0.1) is 16.1 Å².